The van der Waals surface area contributed by atoms with Crippen LogP contribution in [-0.2, 0) is 9.59 Å². The van der Waals surface area contributed by atoms with Gasteiger partial charge >= 0.3 is 5.97 Å². The molecule has 0 spiro atoms. The van der Waals surface area contributed by atoms with Crippen molar-refractivity contribution in [1.29, 1.82) is 0 Å². The number of carbonyl (C=O) groups is 2. The van der Waals surface area contributed by atoms with Crippen LogP contribution in [0.15, 0.2) is 0 Å². The Labute approximate surface area is 107 Å². The summed E-state index contributed by atoms with van der Waals surface area (Å²) in [5.74, 6) is -0.260. The number of hydrogen-bond acceptors (Lipinski definition) is 3. The number of nitrogens with two attached hydrogens (primary N) is 1. The van der Waals surface area contributed by atoms with Crippen LogP contribution in [0.25, 0.3) is 0 Å². The highest BCUT2D eigenvalue weighted by Crippen LogP contribution is 2.36. The van der Waals surface area contributed by atoms with Gasteiger partial charge in [0.2, 0.25) is 5.91 Å². The maximum Gasteiger partial charge on any atom is 0.311 e. The number of carboxylic acid groups (broad SMARTS) is 1. The molecule has 2 unspecified atom stereocenters. The molecule has 2 atom stereocenters. The molecule has 18 heavy (non-hydrogen) atoms. The SMILES string of the molecule is CCC1(C(=O)O)CCN(C(=O)CC(N)C2CC2)C1. The average Bonchev–Trinajstić information content (AvgIpc) is 3.08. The minimum atomic E-state index is -0.785. The fourth-order valence-electron chi connectivity index (χ4n) is 2.72. The molecule has 5 heteroatoms. The topological polar surface area (TPSA) is 83.6 Å². The van der Waals surface area contributed by atoms with Gasteiger partial charge in [-0.1, -0.05) is 6.92 Å². The molecular weight excluding hydrogens is 232 g/mol. The second-order valence-corrected chi connectivity index (χ2v) is 5.71. The van der Waals surface area contributed by atoms with Gasteiger partial charge in [-0.25, -0.2) is 0 Å². The number of aliphatic carboxylic acids is 1. The minimum absolute atomic E-state index is 0.0194. The van der Waals surface area contributed by atoms with Crippen molar-refractivity contribution in [2.75, 3.05) is 13.1 Å². The standard InChI is InChI=1S/C13H22N2O3/c1-2-13(12(17)18)5-6-15(8-13)11(16)7-10(14)9-3-4-9/h9-10H,2-8,14H2,1H3,(H,17,18). The Morgan fingerprint density at radius 2 is 2.17 bits per heavy atom. The van der Waals surface area contributed by atoms with Crippen LogP contribution >= 0.6 is 0 Å². The average molecular weight is 254 g/mol. The van der Waals surface area contributed by atoms with E-state index in [2.05, 4.69) is 0 Å². The Morgan fingerprint density at radius 3 is 2.61 bits per heavy atom. The summed E-state index contributed by atoms with van der Waals surface area (Å²) in [4.78, 5) is 25.0. The van der Waals surface area contributed by atoms with Crippen molar-refractivity contribution in [2.45, 2.75) is 45.1 Å². The van der Waals surface area contributed by atoms with Crippen LogP contribution in [0.1, 0.15) is 39.0 Å². The predicted octanol–water partition coefficient (Wildman–Crippen LogP) is 0.827. The predicted molar refractivity (Wildman–Crippen MR) is 66.9 cm³/mol. The molecule has 0 radical (unpaired) electrons. The fourth-order valence-corrected chi connectivity index (χ4v) is 2.72. The lowest BCUT2D eigenvalue weighted by atomic mass is 9.84. The molecule has 1 aliphatic carbocycles. The monoisotopic (exact) mass is 254 g/mol. The van der Waals surface area contributed by atoms with Gasteiger partial charge in [-0.05, 0) is 31.6 Å². The van der Waals surface area contributed by atoms with Gasteiger partial charge in [0.05, 0.1) is 5.41 Å². The highest BCUT2D eigenvalue weighted by atomic mass is 16.4. The zero-order valence-electron chi connectivity index (χ0n) is 10.9. The maximum absolute atomic E-state index is 12.1. The Balaban J connectivity index is 1.91. The van der Waals surface area contributed by atoms with Gasteiger partial charge < -0.3 is 15.7 Å². The summed E-state index contributed by atoms with van der Waals surface area (Å²) < 4.78 is 0. The second-order valence-electron chi connectivity index (χ2n) is 5.71. The van der Waals surface area contributed by atoms with Crippen molar-refractivity contribution in [3.8, 4) is 0 Å². The quantitative estimate of drug-likeness (QED) is 0.761. The highest BCUT2D eigenvalue weighted by Gasteiger charge is 2.45. The molecule has 1 saturated carbocycles. The number of hydrogen-bond donors (Lipinski definition) is 2. The number of likely N-dealkylation sites (tertiary alicyclic amines) is 1. The normalized spacial score (nSPS) is 29.3. The lowest BCUT2D eigenvalue weighted by Crippen LogP contribution is -2.39. The molecule has 1 amide bonds. The van der Waals surface area contributed by atoms with Gasteiger partial charge in [-0.15, -0.1) is 0 Å². The van der Waals surface area contributed by atoms with Crippen molar-refractivity contribution >= 4 is 11.9 Å². The van der Waals surface area contributed by atoms with E-state index in [0.717, 1.165) is 12.8 Å². The number of carboxylic acids is 1. The van der Waals surface area contributed by atoms with Gasteiger partial charge in [-0.2, -0.15) is 0 Å². The summed E-state index contributed by atoms with van der Waals surface area (Å²) in [5, 5.41) is 9.28. The Hall–Kier alpha value is -1.10. The van der Waals surface area contributed by atoms with Gasteiger partial charge in [-0.3, -0.25) is 9.59 Å². The smallest absolute Gasteiger partial charge is 0.311 e. The molecule has 102 valence electrons. The first-order chi connectivity index (χ1) is 8.48. The lowest BCUT2D eigenvalue weighted by Gasteiger charge is -2.23. The van der Waals surface area contributed by atoms with Crippen molar-refractivity contribution in [3.63, 3.8) is 0 Å². The minimum Gasteiger partial charge on any atom is -0.481 e. The van der Waals surface area contributed by atoms with E-state index < -0.39 is 11.4 Å². The van der Waals surface area contributed by atoms with E-state index in [0.29, 0.717) is 38.3 Å². The van der Waals surface area contributed by atoms with Crippen LogP contribution in [0.3, 0.4) is 0 Å². The summed E-state index contributed by atoms with van der Waals surface area (Å²) >= 11 is 0. The fraction of sp³-hybridized carbons (Fsp3) is 0.846. The van der Waals surface area contributed by atoms with E-state index in [4.69, 9.17) is 5.73 Å². The molecule has 3 N–H and O–H groups in total. The first-order valence-corrected chi connectivity index (χ1v) is 6.75. The van der Waals surface area contributed by atoms with Crippen LogP contribution in [0.2, 0.25) is 0 Å². The van der Waals surface area contributed by atoms with E-state index in [-0.39, 0.29) is 11.9 Å². The Morgan fingerprint density at radius 1 is 1.50 bits per heavy atom. The summed E-state index contributed by atoms with van der Waals surface area (Å²) in [7, 11) is 0. The van der Waals surface area contributed by atoms with Crippen molar-refractivity contribution in [2.24, 2.45) is 17.1 Å². The number of carbonyl (C=O) groups excluding carboxylic acids is 1. The molecule has 0 aromatic heterocycles. The molecule has 0 aromatic carbocycles. The van der Waals surface area contributed by atoms with Crippen molar-refractivity contribution < 1.29 is 14.7 Å². The zero-order valence-corrected chi connectivity index (χ0v) is 10.9. The van der Waals surface area contributed by atoms with Crippen LogP contribution in [0.5, 0.6) is 0 Å². The van der Waals surface area contributed by atoms with Gasteiger partial charge in [0, 0.05) is 25.6 Å². The first-order valence-electron chi connectivity index (χ1n) is 6.75. The molecule has 1 saturated heterocycles. The molecule has 2 fully saturated rings. The van der Waals surface area contributed by atoms with Gasteiger partial charge in [0.15, 0.2) is 0 Å². The first kappa shape index (κ1) is 13.3. The molecule has 2 aliphatic rings. The van der Waals surface area contributed by atoms with Gasteiger partial charge in [0.1, 0.15) is 0 Å². The van der Waals surface area contributed by atoms with E-state index >= 15 is 0 Å². The Bertz CT molecular complexity index is 354. The highest BCUT2D eigenvalue weighted by molar-refractivity contribution is 5.81. The van der Waals surface area contributed by atoms with E-state index in [9.17, 15) is 14.7 Å². The summed E-state index contributed by atoms with van der Waals surface area (Å²) in [6, 6.07) is -0.0426. The molecule has 0 bridgehead atoms. The van der Waals surface area contributed by atoms with E-state index in [1.807, 2.05) is 6.92 Å². The van der Waals surface area contributed by atoms with Crippen LogP contribution in [-0.4, -0.2) is 41.0 Å². The van der Waals surface area contributed by atoms with Crippen LogP contribution in [0.4, 0.5) is 0 Å². The summed E-state index contributed by atoms with van der Waals surface area (Å²) in [6.07, 6.45) is 3.75. The number of amides is 1. The molecule has 1 heterocycles. The molecule has 1 aliphatic heterocycles. The number of nitrogens with zero attached hydrogens (tertiary/aromatic N) is 1. The molecular formula is C13H22N2O3. The van der Waals surface area contributed by atoms with Crippen molar-refractivity contribution in [1.82, 2.24) is 4.90 Å². The third kappa shape index (κ3) is 2.51. The lowest BCUT2D eigenvalue weighted by molar-refractivity contribution is -0.148. The third-order valence-electron chi connectivity index (χ3n) is 4.47. The van der Waals surface area contributed by atoms with Gasteiger partial charge in [0.25, 0.3) is 0 Å². The maximum atomic E-state index is 12.1. The van der Waals surface area contributed by atoms with Crippen LogP contribution in [0, 0.1) is 11.3 Å². The van der Waals surface area contributed by atoms with E-state index in [1.54, 1.807) is 4.90 Å². The van der Waals surface area contributed by atoms with Crippen LogP contribution < -0.4 is 5.73 Å². The number of rotatable bonds is 5. The third-order valence-corrected chi connectivity index (χ3v) is 4.47. The Kier molecular flexibility index (Phi) is 3.61. The summed E-state index contributed by atoms with van der Waals surface area (Å²) in [5.41, 5.74) is 5.21. The molecule has 5 nitrogen and oxygen atoms in total. The largest absolute Gasteiger partial charge is 0.481 e. The zero-order chi connectivity index (χ0) is 13.3. The second kappa shape index (κ2) is 4.88. The molecule has 0 aromatic rings. The van der Waals surface area contributed by atoms with E-state index in [1.165, 1.54) is 0 Å². The molecule has 2 rings (SSSR count). The van der Waals surface area contributed by atoms with Crippen molar-refractivity contribution in [3.05, 3.63) is 0 Å². The summed E-state index contributed by atoms with van der Waals surface area (Å²) in [6.45, 7) is 2.77.